The van der Waals surface area contributed by atoms with E-state index in [1.807, 2.05) is 0 Å². The van der Waals surface area contributed by atoms with Crippen LogP contribution in [0.4, 0.5) is 0 Å². The second-order valence-electron chi connectivity index (χ2n) is 8.73. The number of hydrogen-bond donors (Lipinski definition) is 3. The van der Waals surface area contributed by atoms with Crippen LogP contribution in [0, 0.1) is 0 Å². The molecule has 0 radical (unpaired) electrons. The smallest absolute Gasteiger partial charge is 0.306 e. The zero-order chi connectivity index (χ0) is 24.0. The fourth-order valence-corrected chi connectivity index (χ4v) is 3.78. The van der Waals surface area contributed by atoms with Crippen LogP contribution in [0.15, 0.2) is 0 Å². The van der Waals surface area contributed by atoms with Crippen molar-refractivity contribution in [3.05, 3.63) is 0 Å². The average Bonchev–Trinajstić information content (AvgIpc) is 2.80. The van der Waals surface area contributed by atoms with Gasteiger partial charge in [-0.25, -0.2) is 0 Å². The number of ether oxygens (including phenoxy) is 2. The number of carbonyl (C=O) groups is 2. The van der Waals surface area contributed by atoms with Gasteiger partial charge in [0, 0.05) is 13.5 Å². The summed E-state index contributed by atoms with van der Waals surface area (Å²) in [5.41, 5.74) is 0. The number of aliphatic hydroxyl groups excluding tert-OH is 3. The van der Waals surface area contributed by atoms with Gasteiger partial charge in [0.15, 0.2) is 18.5 Å². The number of aldehydes is 1. The van der Waals surface area contributed by atoms with Crippen molar-refractivity contribution < 1.29 is 34.4 Å². The Bertz CT molecular complexity index is 444. The van der Waals surface area contributed by atoms with Gasteiger partial charge in [0.05, 0.1) is 6.61 Å². The van der Waals surface area contributed by atoms with Gasteiger partial charge in [0.1, 0.15) is 12.2 Å². The molecule has 3 N–H and O–H groups in total. The van der Waals surface area contributed by atoms with Crippen LogP contribution in [0.25, 0.3) is 0 Å². The molecular weight excluding hydrogens is 412 g/mol. The first-order valence-electron chi connectivity index (χ1n) is 12.7. The molecule has 0 aliphatic rings. The molecule has 0 aliphatic heterocycles. The highest BCUT2D eigenvalue weighted by atomic mass is 16.6. The van der Waals surface area contributed by atoms with Gasteiger partial charge >= 0.3 is 5.97 Å². The number of rotatable bonds is 23. The highest BCUT2D eigenvalue weighted by Crippen LogP contribution is 2.15. The molecule has 0 aromatic rings. The molecule has 0 fully saturated rings. The van der Waals surface area contributed by atoms with Gasteiger partial charge in [-0.1, -0.05) is 96.8 Å². The van der Waals surface area contributed by atoms with Gasteiger partial charge in [-0.05, 0) is 6.42 Å². The molecule has 0 amide bonds. The standard InChI is InChI=1S/C25H48O7/c1-3-4-5-6-7-8-9-10-11-12-13-14-15-16-17-18-23(29)32-25(22(20-27)31-2)24(30)21(28)19-26/h20-22,24-26,28,30H,3-19H2,1-2H3/t21-,22+,24-,25-/m1/s1. The van der Waals surface area contributed by atoms with E-state index in [-0.39, 0.29) is 6.42 Å². The van der Waals surface area contributed by atoms with E-state index in [2.05, 4.69) is 6.92 Å². The minimum absolute atomic E-state index is 0.173. The van der Waals surface area contributed by atoms with Crippen molar-refractivity contribution >= 4 is 12.3 Å². The van der Waals surface area contributed by atoms with Gasteiger partial charge in [-0.3, -0.25) is 4.79 Å². The maximum absolute atomic E-state index is 12.1. The lowest BCUT2D eigenvalue weighted by Crippen LogP contribution is -2.49. The lowest BCUT2D eigenvalue weighted by Gasteiger charge is -2.28. The number of esters is 1. The molecule has 32 heavy (non-hydrogen) atoms. The van der Waals surface area contributed by atoms with Crippen molar-refractivity contribution in [3.63, 3.8) is 0 Å². The van der Waals surface area contributed by atoms with Crippen LogP contribution in [-0.4, -0.2) is 65.7 Å². The quantitative estimate of drug-likeness (QED) is 0.120. The fraction of sp³-hybridized carbons (Fsp3) is 0.920. The van der Waals surface area contributed by atoms with Gasteiger partial charge in [0.2, 0.25) is 0 Å². The third kappa shape index (κ3) is 15.7. The fourth-order valence-electron chi connectivity index (χ4n) is 3.78. The van der Waals surface area contributed by atoms with Crippen LogP contribution < -0.4 is 0 Å². The minimum Gasteiger partial charge on any atom is -0.456 e. The average molecular weight is 461 g/mol. The molecule has 190 valence electrons. The predicted octanol–water partition coefficient (Wildman–Crippen LogP) is 4.09. The largest absolute Gasteiger partial charge is 0.456 e. The molecule has 0 saturated carbocycles. The summed E-state index contributed by atoms with van der Waals surface area (Å²) in [6, 6.07) is 0. The molecule has 0 aromatic carbocycles. The monoisotopic (exact) mass is 460 g/mol. The van der Waals surface area contributed by atoms with Crippen molar-refractivity contribution in [3.8, 4) is 0 Å². The number of unbranched alkanes of at least 4 members (excludes halogenated alkanes) is 14. The van der Waals surface area contributed by atoms with E-state index in [9.17, 15) is 19.8 Å². The molecule has 0 heterocycles. The van der Waals surface area contributed by atoms with Crippen molar-refractivity contribution in [1.29, 1.82) is 0 Å². The molecule has 0 aromatic heterocycles. The molecule has 0 aliphatic carbocycles. The van der Waals surface area contributed by atoms with E-state index in [0.717, 1.165) is 19.3 Å². The molecule has 7 nitrogen and oxygen atoms in total. The molecular formula is C25H48O7. The second kappa shape index (κ2) is 21.8. The third-order valence-electron chi connectivity index (χ3n) is 5.90. The Labute approximate surface area is 194 Å². The van der Waals surface area contributed by atoms with Gasteiger partial charge in [-0.2, -0.15) is 0 Å². The lowest BCUT2D eigenvalue weighted by atomic mass is 10.0. The second-order valence-corrected chi connectivity index (χ2v) is 8.73. The Kier molecular flexibility index (Phi) is 21.1. The van der Waals surface area contributed by atoms with E-state index in [1.165, 1.54) is 77.7 Å². The summed E-state index contributed by atoms with van der Waals surface area (Å²) in [4.78, 5) is 23.2. The molecule has 0 saturated heterocycles. The Balaban J connectivity index is 3.79. The summed E-state index contributed by atoms with van der Waals surface area (Å²) in [5, 5.41) is 28.6. The Hall–Kier alpha value is -1.02. The van der Waals surface area contributed by atoms with Gasteiger partial charge < -0.3 is 29.6 Å². The maximum atomic E-state index is 12.1. The molecule has 4 atom stereocenters. The van der Waals surface area contributed by atoms with Crippen LogP contribution in [0.3, 0.4) is 0 Å². The maximum Gasteiger partial charge on any atom is 0.306 e. The van der Waals surface area contributed by atoms with E-state index in [1.54, 1.807) is 0 Å². The normalized spacial score (nSPS) is 15.2. The van der Waals surface area contributed by atoms with Crippen LogP contribution >= 0.6 is 0 Å². The number of methoxy groups -OCH3 is 1. The molecule has 0 rings (SSSR count). The SMILES string of the molecule is CCCCCCCCCCCCCCCCCC(=O)O[C@@H]([C@H](O)[C@H](O)CO)[C@H](C=O)OC. The highest BCUT2D eigenvalue weighted by molar-refractivity contribution is 5.70. The van der Waals surface area contributed by atoms with E-state index < -0.39 is 37.0 Å². The van der Waals surface area contributed by atoms with E-state index >= 15 is 0 Å². The first-order chi connectivity index (χ1) is 15.5. The van der Waals surface area contributed by atoms with Crippen molar-refractivity contribution in [2.75, 3.05) is 13.7 Å². The molecule has 0 spiro atoms. The van der Waals surface area contributed by atoms with Crippen LogP contribution in [-0.2, 0) is 19.1 Å². The first kappa shape index (κ1) is 31.0. The molecule has 0 unspecified atom stereocenters. The number of aliphatic hydroxyl groups is 3. The summed E-state index contributed by atoms with van der Waals surface area (Å²) in [5.74, 6) is -0.558. The van der Waals surface area contributed by atoms with Gasteiger partial charge in [0.25, 0.3) is 0 Å². The Morgan fingerprint density at radius 2 is 1.25 bits per heavy atom. The van der Waals surface area contributed by atoms with E-state index in [4.69, 9.17) is 14.6 Å². The number of hydrogen-bond acceptors (Lipinski definition) is 7. The molecule has 0 bridgehead atoms. The van der Waals surface area contributed by atoms with Crippen LogP contribution in [0.1, 0.15) is 110 Å². The van der Waals surface area contributed by atoms with E-state index in [0.29, 0.717) is 12.7 Å². The summed E-state index contributed by atoms with van der Waals surface area (Å²) >= 11 is 0. The topological polar surface area (TPSA) is 113 Å². The summed E-state index contributed by atoms with van der Waals surface area (Å²) in [7, 11) is 1.24. The summed E-state index contributed by atoms with van der Waals surface area (Å²) < 4.78 is 10.1. The van der Waals surface area contributed by atoms with Crippen LogP contribution in [0.2, 0.25) is 0 Å². The summed E-state index contributed by atoms with van der Waals surface area (Å²) in [6.45, 7) is 1.53. The molecule has 7 heteroatoms. The minimum atomic E-state index is -1.61. The van der Waals surface area contributed by atoms with Crippen molar-refractivity contribution in [2.24, 2.45) is 0 Å². The van der Waals surface area contributed by atoms with Crippen molar-refractivity contribution in [1.82, 2.24) is 0 Å². The first-order valence-corrected chi connectivity index (χ1v) is 12.7. The lowest BCUT2D eigenvalue weighted by molar-refractivity contribution is -0.176. The number of carbonyl (C=O) groups excluding carboxylic acids is 2. The Morgan fingerprint density at radius 3 is 1.62 bits per heavy atom. The van der Waals surface area contributed by atoms with Crippen LogP contribution in [0.5, 0.6) is 0 Å². The highest BCUT2D eigenvalue weighted by Gasteiger charge is 2.36. The zero-order valence-electron chi connectivity index (χ0n) is 20.4. The van der Waals surface area contributed by atoms with Crippen molar-refractivity contribution in [2.45, 2.75) is 134 Å². The Morgan fingerprint density at radius 1 is 0.812 bits per heavy atom. The predicted molar refractivity (Wildman–Crippen MR) is 125 cm³/mol. The van der Waals surface area contributed by atoms with Gasteiger partial charge in [-0.15, -0.1) is 0 Å². The summed E-state index contributed by atoms with van der Waals surface area (Å²) in [6.07, 6.45) is 13.4. The zero-order valence-corrected chi connectivity index (χ0v) is 20.4. The third-order valence-corrected chi connectivity index (χ3v) is 5.90.